The fourth-order valence-corrected chi connectivity index (χ4v) is 4.46. The van der Waals surface area contributed by atoms with E-state index in [0.29, 0.717) is 36.5 Å². The molecular weight excluding hydrogens is 427 g/mol. The number of nitrogens with zero attached hydrogens (tertiary/aromatic N) is 3. The van der Waals surface area contributed by atoms with Crippen LogP contribution in [0.25, 0.3) is 16.8 Å². The molecule has 0 radical (unpaired) electrons. The van der Waals surface area contributed by atoms with Crippen LogP contribution < -0.4 is 5.69 Å². The number of carbonyl (C=O) groups is 2. The van der Waals surface area contributed by atoms with Gasteiger partial charge in [-0.15, -0.1) is 0 Å². The molecular formula is C24H23FN4O4. The summed E-state index contributed by atoms with van der Waals surface area (Å²) in [6.07, 6.45) is 3.21. The van der Waals surface area contributed by atoms with Crippen LogP contribution in [0.5, 0.6) is 0 Å². The number of carboxylic acids is 1. The SMILES string of the molecule is O=C(O)c1cccc(-c2ccc(-n3c(CC4CCN(C(=O)C5CC5)C4)n[nH]c3=O)c(F)c2)c1. The number of carbonyl (C=O) groups excluding carboxylic acids is 1. The summed E-state index contributed by atoms with van der Waals surface area (Å²) >= 11 is 0. The van der Waals surface area contributed by atoms with E-state index in [-0.39, 0.29) is 29.0 Å². The van der Waals surface area contributed by atoms with Crippen molar-refractivity contribution in [1.29, 1.82) is 0 Å². The van der Waals surface area contributed by atoms with Gasteiger partial charge >= 0.3 is 11.7 Å². The molecule has 2 heterocycles. The molecule has 0 bridgehead atoms. The number of hydrogen-bond acceptors (Lipinski definition) is 4. The number of hydrogen-bond donors (Lipinski definition) is 2. The normalized spacial score (nSPS) is 18.0. The average molecular weight is 450 g/mol. The molecule has 1 unspecified atom stereocenters. The van der Waals surface area contributed by atoms with Crippen LogP contribution >= 0.6 is 0 Å². The van der Waals surface area contributed by atoms with Gasteiger partial charge in [-0.05, 0) is 60.6 Å². The number of nitrogens with one attached hydrogen (secondary N) is 1. The van der Waals surface area contributed by atoms with Crippen LogP contribution in [0.1, 0.15) is 35.4 Å². The lowest BCUT2D eigenvalue weighted by Gasteiger charge is -2.16. The highest BCUT2D eigenvalue weighted by Crippen LogP contribution is 2.33. The molecule has 3 aromatic rings. The third-order valence-corrected chi connectivity index (χ3v) is 6.37. The van der Waals surface area contributed by atoms with Crippen molar-refractivity contribution in [2.24, 2.45) is 11.8 Å². The number of carboxylic acid groups (broad SMARTS) is 1. The molecule has 1 amide bonds. The number of likely N-dealkylation sites (tertiary alicyclic amines) is 1. The Hall–Kier alpha value is -3.75. The molecule has 33 heavy (non-hydrogen) atoms. The van der Waals surface area contributed by atoms with Gasteiger partial charge in [0.15, 0.2) is 0 Å². The third kappa shape index (κ3) is 4.18. The number of aromatic amines is 1. The first-order valence-electron chi connectivity index (χ1n) is 11.0. The number of aromatic nitrogens is 3. The van der Waals surface area contributed by atoms with Crippen molar-refractivity contribution in [2.75, 3.05) is 13.1 Å². The average Bonchev–Trinajstić information content (AvgIpc) is 3.46. The predicted octanol–water partition coefficient (Wildman–Crippen LogP) is 2.87. The van der Waals surface area contributed by atoms with Crippen molar-refractivity contribution in [3.63, 3.8) is 0 Å². The summed E-state index contributed by atoms with van der Waals surface area (Å²) < 4.78 is 16.4. The summed E-state index contributed by atoms with van der Waals surface area (Å²) in [7, 11) is 0. The van der Waals surface area contributed by atoms with Gasteiger partial charge in [0, 0.05) is 25.4 Å². The van der Waals surface area contributed by atoms with Gasteiger partial charge in [0.05, 0.1) is 11.3 Å². The van der Waals surface area contributed by atoms with E-state index >= 15 is 4.39 Å². The fraction of sp³-hybridized carbons (Fsp3) is 0.333. The van der Waals surface area contributed by atoms with E-state index in [4.69, 9.17) is 0 Å². The molecule has 1 aliphatic heterocycles. The van der Waals surface area contributed by atoms with Crippen molar-refractivity contribution >= 4 is 11.9 Å². The summed E-state index contributed by atoms with van der Waals surface area (Å²) in [6.45, 7) is 1.32. The fourth-order valence-electron chi connectivity index (χ4n) is 4.46. The molecule has 1 saturated carbocycles. The number of halogens is 1. The minimum atomic E-state index is -1.06. The molecule has 170 valence electrons. The molecule has 1 saturated heterocycles. The zero-order chi connectivity index (χ0) is 23.1. The van der Waals surface area contributed by atoms with Crippen molar-refractivity contribution < 1.29 is 19.1 Å². The Bertz CT molecular complexity index is 1290. The van der Waals surface area contributed by atoms with Crippen LogP contribution in [0, 0.1) is 17.7 Å². The van der Waals surface area contributed by atoms with Gasteiger partial charge in [-0.1, -0.05) is 18.2 Å². The predicted molar refractivity (Wildman–Crippen MR) is 118 cm³/mol. The van der Waals surface area contributed by atoms with E-state index in [1.807, 2.05) is 4.90 Å². The van der Waals surface area contributed by atoms with Gasteiger partial charge in [0.1, 0.15) is 11.6 Å². The van der Waals surface area contributed by atoms with E-state index < -0.39 is 17.5 Å². The molecule has 1 aromatic heterocycles. The zero-order valence-electron chi connectivity index (χ0n) is 17.8. The lowest BCUT2D eigenvalue weighted by Crippen LogP contribution is -2.30. The Morgan fingerprint density at radius 3 is 2.64 bits per heavy atom. The number of H-pyrrole nitrogens is 1. The summed E-state index contributed by atoms with van der Waals surface area (Å²) in [4.78, 5) is 37.9. The summed E-state index contributed by atoms with van der Waals surface area (Å²) in [6, 6.07) is 10.7. The Morgan fingerprint density at radius 2 is 1.91 bits per heavy atom. The Morgan fingerprint density at radius 1 is 1.12 bits per heavy atom. The highest BCUT2D eigenvalue weighted by molar-refractivity contribution is 5.89. The molecule has 1 aliphatic carbocycles. The van der Waals surface area contributed by atoms with E-state index in [9.17, 15) is 19.5 Å². The lowest BCUT2D eigenvalue weighted by molar-refractivity contribution is -0.131. The molecule has 2 N–H and O–H groups in total. The van der Waals surface area contributed by atoms with E-state index in [0.717, 1.165) is 19.3 Å². The summed E-state index contributed by atoms with van der Waals surface area (Å²) in [5.41, 5.74) is 0.712. The molecule has 2 fully saturated rings. The second-order valence-corrected chi connectivity index (χ2v) is 8.75. The quantitative estimate of drug-likeness (QED) is 0.600. The van der Waals surface area contributed by atoms with Crippen LogP contribution in [0.4, 0.5) is 4.39 Å². The van der Waals surface area contributed by atoms with Crippen molar-refractivity contribution in [2.45, 2.75) is 25.7 Å². The molecule has 9 heteroatoms. The lowest BCUT2D eigenvalue weighted by atomic mass is 10.0. The van der Waals surface area contributed by atoms with Crippen LogP contribution in [0.2, 0.25) is 0 Å². The van der Waals surface area contributed by atoms with Gasteiger partial charge in [0.25, 0.3) is 0 Å². The maximum Gasteiger partial charge on any atom is 0.348 e. The van der Waals surface area contributed by atoms with Crippen LogP contribution in [0.15, 0.2) is 47.3 Å². The van der Waals surface area contributed by atoms with Gasteiger partial charge in [-0.3, -0.25) is 4.79 Å². The van der Waals surface area contributed by atoms with Gasteiger partial charge in [0.2, 0.25) is 5.91 Å². The first-order chi connectivity index (χ1) is 15.9. The second kappa shape index (κ2) is 8.31. The van der Waals surface area contributed by atoms with E-state index in [1.165, 1.54) is 28.8 Å². The van der Waals surface area contributed by atoms with Crippen LogP contribution in [-0.2, 0) is 11.2 Å². The maximum atomic E-state index is 15.1. The molecule has 5 rings (SSSR count). The minimum Gasteiger partial charge on any atom is -0.478 e. The van der Waals surface area contributed by atoms with Gasteiger partial charge in [-0.25, -0.2) is 23.6 Å². The molecule has 8 nitrogen and oxygen atoms in total. The number of benzene rings is 2. The summed E-state index contributed by atoms with van der Waals surface area (Å²) in [5, 5.41) is 15.7. The third-order valence-electron chi connectivity index (χ3n) is 6.37. The molecule has 2 aromatic carbocycles. The van der Waals surface area contributed by atoms with E-state index in [1.54, 1.807) is 18.2 Å². The van der Waals surface area contributed by atoms with Crippen molar-refractivity contribution in [3.8, 4) is 16.8 Å². The van der Waals surface area contributed by atoms with E-state index in [2.05, 4.69) is 10.2 Å². The van der Waals surface area contributed by atoms with Crippen molar-refractivity contribution in [1.82, 2.24) is 19.7 Å². The van der Waals surface area contributed by atoms with Gasteiger partial charge in [-0.2, -0.15) is 5.10 Å². The number of aromatic carboxylic acids is 1. The molecule has 0 spiro atoms. The number of amides is 1. The molecule has 2 aliphatic rings. The summed E-state index contributed by atoms with van der Waals surface area (Å²) in [5.74, 6) is -0.711. The minimum absolute atomic E-state index is 0.0748. The first-order valence-corrected chi connectivity index (χ1v) is 11.0. The van der Waals surface area contributed by atoms with Crippen molar-refractivity contribution in [3.05, 3.63) is 70.2 Å². The largest absolute Gasteiger partial charge is 0.478 e. The highest BCUT2D eigenvalue weighted by Gasteiger charge is 2.37. The van der Waals surface area contributed by atoms with Crippen LogP contribution in [-0.4, -0.2) is 49.7 Å². The zero-order valence-corrected chi connectivity index (χ0v) is 17.8. The standard InChI is InChI=1S/C24H23FN4O4/c25-19-12-17(16-2-1-3-18(11-16)23(31)32)6-7-20(19)29-21(26-27-24(29)33)10-14-8-9-28(13-14)22(30)15-4-5-15/h1-3,6-7,11-12,14-15H,4-5,8-10,13H2,(H,27,33)(H,31,32). The van der Waals surface area contributed by atoms with Crippen LogP contribution in [0.3, 0.4) is 0 Å². The number of rotatable bonds is 6. The Balaban J connectivity index is 1.38. The maximum absolute atomic E-state index is 15.1. The Kier molecular flexibility index (Phi) is 5.32. The topological polar surface area (TPSA) is 108 Å². The highest BCUT2D eigenvalue weighted by atomic mass is 19.1. The monoisotopic (exact) mass is 450 g/mol. The van der Waals surface area contributed by atoms with Gasteiger partial charge < -0.3 is 10.0 Å². The second-order valence-electron chi connectivity index (χ2n) is 8.75. The smallest absolute Gasteiger partial charge is 0.348 e. The molecule has 1 atom stereocenters. The first kappa shape index (κ1) is 21.1. The Labute approximate surface area is 188 Å².